The number of nitrogens with zero attached hydrogens (tertiary/aromatic N) is 2. The summed E-state index contributed by atoms with van der Waals surface area (Å²) >= 11 is 0. The van der Waals surface area contributed by atoms with Crippen LogP contribution in [0.2, 0.25) is 0 Å². The molecule has 3 N–H and O–H groups in total. The zero-order chi connectivity index (χ0) is 12.7. The molecule has 0 fully saturated rings. The lowest BCUT2D eigenvalue weighted by Gasteiger charge is -2.17. The van der Waals surface area contributed by atoms with Gasteiger partial charge in [-0.05, 0) is 48.9 Å². The van der Waals surface area contributed by atoms with E-state index in [0.717, 1.165) is 24.0 Å². The molecule has 0 amide bonds. The van der Waals surface area contributed by atoms with E-state index in [0.29, 0.717) is 11.6 Å². The van der Waals surface area contributed by atoms with E-state index in [1.54, 1.807) is 17.9 Å². The second-order valence-electron chi connectivity index (χ2n) is 4.91. The van der Waals surface area contributed by atoms with E-state index < -0.39 is 0 Å². The van der Waals surface area contributed by atoms with Gasteiger partial charge in [-0.2, -0.15) is 5.10 Å². The highest BCUT2D eigenvalue weighted by Gasteiger charge is 2.17. The van der Waals surface area contributed by atoms with Gasteiger partial charge in [0.15, 0.2) is 0 Å². The molecule has 94 valence electrons. The topological polar surface area (TPSA) is 64.1 Å². The molecule has 4 nitrogen and oxygen atoms in total. The van der Waals surface area contributed by atoms with E-state index in [9.17, 15) is 5.11 Å². The van der Waals surface area contributed by atoms with Crippen molar-refractivity contribution in [3.8, 4) is 16.9 Å². The van der Waals surface area contributed by atoms with Crippen LogP contribution in [0.3, 0.4) is 0 Å². The number of phenolic OH excluding ortho intramolecular Hbond substituents is 1. The predicted octanol–water partition coefficient (Wildman–Crippen LogP) is 2.25. The first-order valence-corrected chi connectivity index (χ1v) is 6.29. The van der Waals surface area contributed by atoms with Gasteiger partial charge in [0.25, 0.3) is 0 Å². The van der Waals surface area contributed by atoms with Gasteiger partial charge < -0.3 is 10.8 Å². The van der Waals surface area contributed by atoms with Crippen LogP contribution in [0.4, 0.5) is 5.82 Å². The first-order chi connectivity index (χ1) is 8.66. The number of aromatic hydroxyl groups is 1. The molecule has 18 heavy (non-hydrogen) atoms. The summed E-state index contributed by atoms with van der Waals surface area (Å²) < 4.78 is 1.62. The van der Waals surface area contributed by atoms with Gasteiger partial charge in [0.2, 0.25) is 0 Å². The fourth-order valence-corrected chi connectivity index (χ4v) is 2.64. The van der Waals surface area contributed by atoms with Gasteiger partial charge in [-0.3, -0.25) is 4.68 Å². The Morgan fingerprint density at radius 2 is 1.83 bits per heavy atom. The Morgan fingerprint density at radius 1 is 1.17 bits per heavy atom. The van der Waals surface area contributed by atoms with Crippen molar-refractivity contribution >= 4 is 5.82 Å². The van der Waals surface area contributed by atoms with Gasteiger partial charge in [0.1, 0.15) is 11.6 Å². The molecule has 1 aliphatic carbocycles. The predicted molar refractivity (Wildman–Crippen MR) is 71.4 cm³/mol. The summed E-state index contributed by atoms with van der Waals surface area (Å²) in [5.41, 5.74) is 10.2. The summed E-state index contributed by atoms with van der Waals surface area (Å²) in [5.74, 6) is 0.886. The van der Waals surface area contributed by atoms with E-state index in [1.807, 2.05) is 6.07 Å². The van der Waals surface area contributed by atoms with Crippen LogP contribution in [0.15, 0.2) is 18.3 Å². The average Bonchev–Trinajstić information content (AvgIpc) is 2.69. The minimum absolute atomic E-state index is 0.301. The van der Waals surface area contributed by atoms with E-state index in [4.69, 9.17) is 5.73 Å². The molecule has 0 saturated heterocycles. The van der Waals surface area contributed by atoms with Crippen LogP contribution >= 0.6 is 0 Å². The van der Waals surface area contributed by atoms with Crippen LogP contribution < -0.4 is 5.73 Å². The molecule has 3 rings (SSSR count). The third-order valence-corrected chi connectivity index (χ3v) is 3.73. The largest absolute Gasteiger partial charge is 0.507 e. The monoisotopic (exact) mass is 243 g/mol. The Labute approximate surface area is 106 Å². The number of phenols is 1. The number of fused-ring (bicyclic) bond motifs is 1. The second-order valence-corrected chi connectivity index (χ2v) is 4.91. The molecule has 0 saturated carbocycles. The van der Waals surface area contributed by atoms with Gasteiger partial charge >= 0.3 is 0 Å². The van der Waals surface area contributed by atoms with Crippen molar-refractivity contribution in [2.24, 2.45) is 7.05 Å². The van der Waals surface area contributed by atoms with E-state index in [2.05, 4.69) is 11.2 Å². The van der Waals surface area contributed by atoms with E-state index >= 15 is 0 Å². The summed E-state index contributed by atoms with van der Waals surface area (Å²) in [4.78, 5) is 0. The van der Waals surface area contributed by atoms with Crippen molar-refractivity contribution < 1.29 is 5.11 Å². The molecule has 0 radical (unpaired) electrons. The number of rotatable bonds is 1. The quantitative estimate of drug-likeness (QED) is 0.807. The van der Waals surface area contributed by atoms with Crippen molar-refractivity contribution in [3.63, 3.8) is 0 Å². The SMILES string of the molecule is Cn1ncc(-c2cc3c(cc2O)CCCC3)c1N. The van der Waals surface area contributed by atoms with E-state index in [-0.39, 0.29) is 0 Å². The van der Waals surface area contributed by atoms with Crippen molar-refractivity contribution in [1.29, 1.82) is 0 Å². The molecular formula is C14H17N3O. The number of nitrogen functional groups attached to an aromatic ring is 1. The molecule has 4 heteroatoms. The normalized spacial score (nSPS) is 14.5. The van der Waals surface area contributed by atoms with Crippen LogP contribution in [-0.4, -0.2) is 14.9 Å². The Morgan fingerprint density at radius 3 is 2.44 bits per heavy atom. The average molecular weight is 243 g/mol. The maximum absolute atomic E-state index is 10.2. The first kappa shape index (κ1) is 11.1. The summed E-state index contributed by atoms with van der Waals surface area (Å²) in [6.45, 7) is 0. The molecular weight excluding hydrogens is 226 g/mol. The molecule has 0 bridgehead atoms. The Balaban J connectivity index is 2.15. The lowest BCUT2D eigenvalue weighted by atomic mass is 9.89. The van der Waals surface area contributed by atoms with Crippen molar-refractivity contribution in [3.05, 3.63) is 29.5 Å². The van der Waals surface area contributed by atoms with Crippen LogP contribution in [0.25, 0.3) is 11.1 Å². The third kappa shape index (κ3) is 1.65. The maximum atomic E-state index is 10.2. The lowest BCUT2D eigenvalue weighted by molar-refractivity contribution is 0.475. The number of benzene rings is 1. The standard InChI is InChI=1S/C14H17N3O/c1-17-14(15)12(8-16-17)11-6-9-4-2-3-5-10(9)7-13(11)18/h6-8,18H,2-5,15H2,1H3. The van der Waals surface area contributed by atoms with Crippen molar-refractivity contribution in [2.75, 3.05) is 5.73 Å². The summed E-state index contributed by atoms with van der Waals surface area (Å²) in [7, 11) is 1.80. The molecule has 0 atom stereocenters. The minimum Gasteiger partial charge on any atom is -0.507 e. The Hall–Kier alpha value is -1.97. The smallest absolute Gasteiger partial charge is 0.129 e. The fraction of sp³-hybridized carbons (Fsp3) is 0.357. The van der Waals surface area contributed by atoms with Gasteiger partial charge in [0, 0.05) is 18.2 Å². The molecule has 0 unspecified atom stereocenters. The fourth-order valence-electron chi connectivity index (χ4n) is 2.64. The van der Waals surface area contributed by atoms with Crippen LogP contribution in [0.5, 0.6) is 5.75 Å². The van der Waals surface area contributed by atoms with Crippen LogP contribution in [0.1, 0.15) is 24.0 Å². The van der Waals surface area contributed by atoms with Crippen molar-refractivity contribution in [1.82, 2.24) is 9.78 Å². The summed E-state index contributed by atoms with van der Waals surface area (Å²) in [6.07, 6.45) is 6.29. The number of hydrogen-bond donors (Lipinski definition) is 2. The highest BCUT2D eigenvalue weighted by molar-refractivity contribution is 5.79. The third-order valence-electron chi connectivity index (χ3n) is 3.73. The van der Waals surface area contributed by atoms with Gasteiger partial charge in [-0.15, -0.1) is 0 Å². The van der Waals surface area contributed by atoms with Gasteiger partial charge in [-0.1, -0.05) is 0 Å². The minimum atomic E-state index is 0.301. The highest BCUT2D eigenvalue weighted by atomic mass is 16.3. The number of nitrogens with two attached hydrogens (primary N) is 1. The molecule has 1 aromatic heterocycles. The molecule has 0 spiro atoms. The first-order valence-electron chi connectivity index (χ1n) is 6.29. The van der Waals surface area contributed by atoms with Crippen LogP contribution in [0, 0.1) is 0 Å². The van der Waals surface area contributed by atoms with E-state index in [1.165, 1.54) is 24.0 Å². The number of aryl methyl sites for hydroxylation is 3. The molecule has 1 heterocycles. The number of anilines is 1. The Kier molecular flexibility index (Phi) is 2.51. The zero-order valence-electron chi connectivity index (χ0n) is 10.5. The van der Waals surface area contributed by atoms with Gasteiger partial charge in [-0.25, -0.2) is 0 Å². The molecule has 2 aromatic rings. The van der Waals surface area contributed by atoms with Gasteiger partial charge in [0.05, 0.1) is 6.20 Å². The van der Waals surface area contributed by atoms with Crippen molar-refractivity contribution in [2.45, 2.75) is 25.7 Å². The molecule has 0 aliphatic heterocycles. The molecule has 1 aliphatic rings. The second kappa shape index (κ2) is 4.05. The van der Waals surface area contributed by atoms with Crippen LogP contribution in [-0.2, 0) is 19.9 Å². The molecule has 1 aromatic carbocycles. The summed E-state index contributed by atoms with van der Waals surface area (Å²) in [6, 6.07) is 3.95. The zero-order valence-corrected chi connectivity index (χ0v) is 10.5. The Bertz CT molecular complexity index is 601. The lowest BCUT2D eigenvalue weighted by Crippen LogP contribution is -2.03. The number of hydrogen-bond acceptors (Lipinski definition) is 3. The number of aromatic nitrogens is 2. The summed E-state index contributed by atoms with van der Waals surface area (Å²) in [5, 5.41) is 14.3. The maximum Gasteiger partial charge on any atom is 0.129 e. The highest BCUT2D eigenvalue weighted by Crippen LogP contribution is 2.37.